The standard InChI is InChI=1S/C13H17N3O4/c1-8-2-4-9(5-3-8)7-15-13(20)16-10(12(18)19)6-11(14)17/h2-5,10H,6-7H2,1H3,(H2,14,17)(H,18,19)(H2,15,16,20)/t10-/m0/s1. The van der Waals surface area contributed by atoms with Crippen LogP contribution in [0.1, 0.15) is 17.5 Å². The molecule has 3 amide bonds. The molecule has 0 radical (unpaired) electrons. The maximum Gasteiger partial charge on any atom is 0.326 e. The van der Waals surface area contributed by atoms with Gasteiger partial charge in [-0.3, -0.25) is 4.79 Å². The van der Waals surface area contributed by atoms with E-state index < -0.39 is 30.4 Å². The zero-order valence-electron chi connectivity index (χ0n) is 11.1. The van der Waals surface area contributed by atoms with E-state index in [-0.39, 0.29) is 6.54 Å². The van der Waals surface area contributed by atoms with Gasteiger partial charge in [-0.25, -0.2) is 9.59 Å². The number of rotatable bonds is 6. The summed E-state index contributed by atoms with van der Waals surface area (Å²) in [5.74, 6) is -2.11. The minimum absolute atomic E-state index is 0.259. The van der Waals surface area contributed by atoms with Gasteiger partial charge in [0.2, 0.25) is 5.91 Å². The molecular formula is C13H17N3O4. The summed E-state index contributed by atoms with van der Waals surface area (Å²) in [6.45, 7) is 2.21. The van der Waals surface area contributed by atoms with Gasteiger partial charge in [0.05, 0.1) is 6.42 Å². The van der Waals surface area contributed by atoms with Crippen LogP contribution in [0, 0.1) is 6.92 Å². The van der Waals surface area contributed by atoms with E-state index in [2.05, 4.69) is 10.6 Å². The third-order valence-corrected chi connectivity index (χ3v) is 2.58. The van der Waals surface area contributed by atoms with Crippen LogP contribution in [-0.4, -0.2) is 29.1 Å². The van der Waals surface area contributed by atoms with Crippen LogP contribution in [0.2, 0.25) is 0 Å². The van der Waals surface area contributed by atoms with E-state index in [1.807, 2.05) is 31.2 Å². The number of nitrogens with two attached hydrogens (primary N) is 1. The number of urea groups is 1. The van der Waals surface area contributed by atoms with Gasteiger partial charge < -0.3 is 21.5 Å². The fourth-order valence-electron chi connectivity index (χ4n) is 1.50. The fraction of sp³-hybridized carbons (Fsp3) is 0.308. The molecule has 0 aliphatic heterocycles. The molecule has 0 unspecified atom stereocenters. The van der Waals surface area contributed by atoms with Crippen molar-refractivity contribution in [1.29, 1.82) is 0 Å². The van der Waals surface area contributed by atoms with E-state index in [0.29, 0.717) is 0 Å². The number of hydrogen-bond donors (Lipinski definition) is 4. The predicted octanol–water partition coefficient (Wildman–Crippen LogP) is 0.123. The zero-order valence-corrected chi connectivity index (χ0v) is 11.1. The van der Waals surface area contributed by atoms with Gasteiger partial charge in [-0.15, -0.1) is 0 Å². The minimum Gasteiger partial charge on any atom is -0.480 e. The molecule has 5 N–H and O–H groups in total. The van der Waals surface area contributed by atoms with Crippen molar-refractivity contribution in [1.82, 2.24) is 10.6 Å². The first-order valence-corrected chi connectivity index (χ1v) is 5.99. The number of carboxylic acids is 1. The van der Waals surface area contributed by atoms with Gasteiger partial charge in [0.15, 0.2) is 0 Å². The van der Waals surface area contributed by atoms with Crippen LogP contribution in [0.3, 0.4) is 0 Å². The van der Waals surface area contributed by atoms with Crippen molar-refractivity contribution in [2.24, 2.45) is 5.73 Å². The lowest BCUT2D eigenvalue weighted by molar-refractivity contribution is -0.140. The second-order valence-electron chi connectivity index (χ2n) is 4.37. The zero-order chi connectivity index (χ0) is 15.1. The van der Waals surface area contributed by atoms with E-state index in [1.165, 1.54) is 0 Å². The SMILES string of the molecule is Cc1ccc(CNC(=O)N[C@@H](CC(N)=O)C(=O)O)cc1. The topological polar surface area (TPSA) is 122 Å². The first-order valence-electron chi connectivity index (χ1n) is 5.99. The summed E-state index contributed by atoms with van der Waals surface area (Å²) < 4.78 is 0. The molecule has 20 heavy (non-hydrogen) atoms. The maximum atomic E-state index is 11.5. The van der Waals surface area contributed by atoms with Crippen LogP contribution >= 0.6 is 0 Å². The molecule has 1 aromatic rings. The van der Waals surface area contributed by atoms with Crippen molar-refractivity contribution in [3.63, 3.8) is 0 Å². The normalized spacial score (nSPS) is 11.4. The number of hydrogen-bond acceptors (Lipinski definition) is 3. The van der Waals surface area contributed by atoms with Gasteiger partial charge in [0.1, 0.15) is 6.04 Å². The van der Waals surface area contributed by atoms with Crippen LogP contribution in [0.5, 0.6) is 0 Å². The number of benzene rings is 1. The highest BCUT2D eigenvalue weighted by Crippen LogP contribution is 2.02. The molecule has 0 fully saturated rings. The van der Waals surface area contributed by atoms with Crippen LogP contribution in [-0.2, 0) is 16.1 Å². The molecule has 0 saturated heterocycles. The van der Waals surface area contributed by atoms with Crippen LogP contribution < -0.4 is 16.4 Å². The maximum absolute atomic E-state index is 11.5. The molecule has 0 bridgehead atoms. The summed E-state index contributed by atoms with van der Waals surface area (Å²) in [5.41, 5.74) is 6.90. The van der Waals surface area contributed by atoms with Crippen molar-refractivity contribution < 1.29 is 19.5 Å². The van der Waals surface area contributed by atoms with Gasteiger partial charge in [0.25, 0.3) is 0 Å². The molecule has 7 nitrogen and oxygen atoms in total. The number of carbonyl (C=O) groups is 3. The summed E-state index contributed by atoms with van der Waals surface area (Å²) in [7, 11) is 0. The monoisotopic (exact) mass is 279 g/mol. The molecule has 0 spiro atoms. The lowest BCUT2D eigenvalue weighted by atomic mass is 10.1. The summed E-state index contributed by atoms with van der Waals surface area (Å²) in [6.07, 6.45) is -0.451. The average molecular weight is 279 g/mol. The van der Waals surface area contributed by atoms with E-state index in [9.17, 15) is 14.4 Å². The average Bonchev–Trinajstić information content (AvgIpc) is 2.36. The smallest absolute Gasteiger partial charge is 0.326 e. The molecule has 0 heterocycles. The second kappa shape index (κ2) is 7.13. The fourth-order valence-corrected chi connectivity index (χ4v) is 1.50. The molecule has 0 aliphatic carbocycles. The van der Waals surface area contributed by atoms with E-state index in [4.69, 9.17) is 10.8 Å². The Bertz CT molecular complexity index is 499. The van der Waals surface area contributed by atoms with Gasteiger partial charge in [-0.2, -0.15) is 0 Å². The van der Waals surface area contributed by atoms with Crippen LogP contribution in [0.25, 0.3) is 0 Å². The number of aryl methyl sites for hydroxylation is 1. The first-order chi connectivity index (χ1) is 9.38. The third kappa shape index (κ3) is 5.38. The van der Waals surface area contributed by atoms with Crippen LogP contribution in [0.4, 0.5) is 4.79 Å². The number of primary amides is 1. The Balaban J connectivity index is 2.47. The van der Waals surface area contributed by atoms with E-state index in [1.54, 1.807) is 0 Å². The molecule has 0 saturated carbocycles. The third-order valence-electron chi connectivity index (χ3n) is 2.58. The van der Waals surface area contributed by atoms with Crippen LogP contribution in [0.15, 0.2) is 24.3 Å². The largest absolute Gasteiger partial charge is 0.480 e. The number of aliphatic carboxylic acids is 1. The van der Waals surface area contributed by atoms with E-state index >= 15 is 0 Å². The molecular weight excluding hydrogens is 262 g/mol. The Hall–Kier alpha value is -2.57. The predicted molar refractivity (Wildman–Crippen MR) is 71.8 cm³/mol. The Morgan fingerprint density at radius 1 is 1.25 bits per heavy atom. The second-order valence-corrected chi connectivity index (χ2v) is 4.37. The highest BCUT2D eigenvalue weighted by Gasteiger charge is 2.21. The van der Waals surface area contributed by atoms with Gasteiger partial charge >= 0.3 is 12.0 Å². The first kappa shape index (κ1) is 15.5. The summed E-state index contributed by atoms with van der Waals surface area (Å²) >= 11 is 0. The Morgan fingerprint density at radius 2 is 1.85 bits per heavy atom. The molecule has 1 rings (SSSR count). The molecule has 1 atom stereocenters. The van der Waals surface area contributed by atoms with Crippen molar-refractivity contribution >= 4 is 17.9 Å². The molecule has 1 aromatic carbocycles. The number of carboxylic acid groups (broad SMARTS) is 1. The van der Waals surface area contributed by atoms with Crippen molar-refractivity contribution in [2.75, 3.05) is 0 Å². The van der Waals surface area contributed by atoms with Gasteiger partial charge in [-0.1, -0.05) is 29.8 Å². The Labute approximate surface area is 116 Å². The van der Waals surface area contributed by atoms with Gasteiger partial charge in [-0.05, 0) is 12.5 Å². The number of carbonyl (C=O) groups excluding carboxylic acids is 2. The molecule has 108 valence electrons. The molecule has 0 aromatic heterocycles. The quantitative estimate of drug-likeness (QED) is 0.591. The number of nitrogens with one attached hydrogen (secondary N) is 2. The molecule has 0 aliphatic rings. The highest BCUT2D eigenvalue weighted by atomic mass is 16.4. The lowest BCUT2D eigenvalue weighted by Gasteiger charge is -2.13. The Morgan fingerprint density at radius 3 is 2.35 bits per heavy atom. The van der Waals surface area contributed by atoms with Crippen molar-refractivity contribution in [2.45, 2.75) is 25.9 Å². The van der Waals surface area contributed by atoms with Crippen molar-refractivity contribution in [3.05, 3.63) is 35.4 Å². The van der Waals surface area contributed by atoms with Gasteiger partial charge in [0, 0.05) is 6.54 Å². The highest BCUT2D eigenvalue weighted by molar-refractivity contribution is 5.87. The lowest BCUT2D eigenvalue weighted by Crippen LogP contribution is -2.47. The van der Waals surface area contributed by atoms with Crippen molar-refractivity contribution in [3.8, 4) is 0 Å². The summed E-state index contributed by atoms with van der Waals surface area (Å²) in [5, 5.41) is 13.5. The van der Waals surface area contributed by atoms with E-state index in [0.717, 1.165) is 11.1 Å². The number of amides is 3. The molecule has 7 heteroatoms. The summed E-state index contributed by atoms with van der Waals surface area (Å²) in [4.78, 5) is 33.1. The Kier molecular flexibility index (Phi) is 5.52. The summed E-state index contributed by atoms with van der Waals surface area (Å²) in [6, 6.07) is 5.52. The minimum atomic E-state index is -1.33.